The van der Waals surface area contributed by atoms with Crippen molar-refractivity contribution in [3.63, 3.8) is 0 Å². The summed E-state index contributed by atoms with van der Waals surface area (Å²) in [6.07, 6.45) is 0.271. The maximum Gasteiger partial charge on any atom is 0.357 e. The van der Waals surface area contributed by atoms with Gasteiger partial charge in [-0.2, -0.15) is 0 Å². The van der Waals surface area contributed by atoms with E-state index >= 15 is 0 Å². The first kappa shape index (κ1) is 13.2. The molecule has 1 fully saturated rings. The molecule has 1 aromatic carbocycles. The first-order valence-corrected chi connectivity index (χ1v) is 5.84. The summed E-state index contributed by atoms with van der Waals surface area (Å²) in [5.74, 6) is -3.32. The molecule has 1 aliphatic heterocycles. The Balaban J connectivity index is 2.25. The minimum atomic E-state index is -2.28. The average molecular weight is 263 g/mol. The van der Waals surface area contributed by atoms with Crippen LogP contribution in [0, 0.1) is 0 Å². The molecule has 0 spiro atoms. The monoisotopic (exact) mass is 263 g/mol. The van der Waals surface area contributed by atoms with Crippen LogP contribution in [0.25, 0.3) is 0 Å². The van der Waals surface area contributed by atoms with E-state index in [0.717, 1.165) is 4.90 Å². The molecule has 0 bridgehead atoms. The van der Waals surface area contributed by atoms with Crippen LogP contribution in [-0.2, 0) is 9.59 Å². The van der Waals surface area contributed by atoms with Crippen molar-refractivity contribution in [1.29, 1.82) is 0 Å². The van der Waals surface area contributed by atoms with Crippen LogP contribution in [0.4, 0.5) is 0 Å². The van der Waals surface area contributed by atoms with Crippen molar-refractivity contribution >= 4 is 17.7 Å². The average Bonchev–Trinajstić information content (AvgIpc) is 2.81. The third-order valence-electron chi connectivity index (χ3n) is 3.17. The predicted octanol–water partition coefficient (Wildman–Crippen LogP) is 0.265. The summed E-state index contributed by atoms with van der Waals surface area (Å²) in [6.45, 7) is 0.0558. The highest BCUT2D eigenvalue weighted by atomic mass is 16.4. The maximum absolute atomic E-state index is 12.0. The van der Waals surface area contributed by atoms with Crippen LogP contribution in [0.1, 0.15) is 23.2 Å². The van der Waals surface area contributed by atoms with E-state index < -0.39 is 23.4 Å². The van der Waals surface area contributed by atoms with Crippen molar-refractivity contribution in [2.75, 3.05) is 6.54 Å². The number of likely N-dealkylation sites (tertiary alicyclic amines) is 1. The number of rotatable bonds is 3. The summed E-state index contributed by atoms with van der Waals surface area (Å²) in [7, 11) is 0. The van der Waals surface area contributed by atoms with Gasteiger partial charge in [-0.25, -0.2) is 4.79 Å². The van der Waals surface area contributed by atoms with Crippen molar-refractivity contribution in [3.05, 3.63) is 35.9 Å². The Kier molecular flexibility index (Phi) is 3.35. The number of carboxylic acids is 1. The highest BCUT2D eigenvalue weighted by molar-refractivity contribution is 6.43. The number of hydrogen-bond donors (Lipinski definition) is 2. The molecule has 6 heteroatoms. The third kappa shape index (κ3) is 2.22. The van der Waals surface area contributed by atoms with E-state index in [4.69, 9.17) is 5.11 Å². The number of ketones is 1. The molecule has 19 heavy (non-hydrogen) atoms. The van der Waals surface area contributed by atoms with Gasteiger partial charge in [0, 0.05) is 18.5 Å². The molecular weight excluding hydrogens is 250 g/mol. The fraction of sp³-hybridized carbons (Fsp3) is 0.308. The van der Waals surface area contributed by atoms with Crippen LogP contribution in [0.15, 0.2) is 30.3 Å². The van der Waals surface area contributed by atoms with Gasteiger partial charge in [0.2, 0.25) is 11.5 Å². The van der Waals surface area contributed by atoms with Crippen molar-refractivity contribution in [2.45, 2.75) is 18.6 Å². The lowest BCUT2D eigenvalue weighted by molar-refractivity contribution is -0.180. The van der Waals surface area contributed by atoms with Gasteiger partial charge in [-0.1, -0.05) is 30.3 Å². The number of hydrogen-bond acceptors (Lipinski definition) is 4. The summed E-state index contributed by atoms with van der Waals surface area (Å²) in [6, 6.07) is 7.85. The van der Waals surface area contributed by atoms with Gasteiger partial charge < -0.3 is 10.2 Å². The molecule has 1 atom stereocenters. The van der Waals surface area contributed by atoms with E-state index in [1.807, 2.05) is 0 Å². The molecule has 1 amide bonds. The number of Topliss-reactive ketones (excluding diaryl/α,β-unsaturated/α-hetero) is 1. The van der Waals surface area contributed by atoms with Crippen LogP contribution in [0.2, 0.25) is 0 Å². The summed E-state index contributed by atoms with van der Waals surface area (Å²) in [4.78, 5) is 35.7. The number of carbonyl (C=O) groups excluding carboxylic acids is 2. The summed E-state index contributed by atoms with van der Waals surface area (Å²) >= 11 is 0. The fourth-order valence-electron chi connectivity index (χ4n) is 2.13. The second-order valence-electron chi connectivity index (χ2n) is 4.38. The van der Waals surface area contributed by atoms with E-state index in [1.54, 1.807) is 18.2 Å². The molecule has 6 nitrogen and oxygen atoms in total. The quantitative estimate of drug-likeness (QED) is 0.602. The molecule has 1 aromatic rings. The zero-order chi connectivity index (χ0) is 14.0. The molecule has 2 N–H and O–H groups in total. The second kappa shape index (κ2) is 4.81. The zero-order valence-corrected chi connectivity index (χ0v) is 10.1. The molecule has 1 heterocycles. The number of aliphatic carboxylic acids is 1. The van der Waals surface area contributed by atoms with Gasteiger partial charge in [0.15, 0.2) is 0 Å². The minimum Gasteiger partial charge on any atom is -0.478 e. The Labute approximate surface area is 109 Å². The molecular formula is C13H13NO5. The number of nitrogens with zero attached hydrogens (tertiary/aromatic N) is 1. The van der Waals surface area contributed by atoms with Gasteiger partial charge in [0.1, 0.15) is 0 Å². The van der Waals surface area contributed by atoms with Gasteiger partial charge in [-0.3, -0.25) is 14.5 Å². The van der Waals surface area contributed by atoms with Gasteiger partial charge in [-0.05, 0) is 6.42 Å². The maximum atomic E-state index is 12.0. The van der Waals surface area contributed by atoms with Crippen molar-refractivity contribution in [2.24, 2.45) is 0 Å². The van der Waals surface area contributed by atoms with E-state index in [-0.39, 0.29) is 18.5 Å². The minimum absolute atomic E-state index is 0.0558. The molecule has 1 unspecified atom stereocenters. The number of carbonyl (C=O) groups is 3. The lowest BCUT2D eigenvalue weighted by Crippen LogP contribution is -2.54. The summed E-state index contributed by atoms with van der Waals surface area (Å²) in [5, 5.41) is 18.9. The van der Waals surface area contributed by atoms with Crippen LogP contribution in [-0.4, -0.2) is 45.0 Å². The van der Waals surface area contributed by atoms with E-state index in [2.05, 4.69) is 0 Å². The topological polar surface area (TPSA) is 94.9 Å². The van der Waals surface area contributed by atoms with Crippen LogP contribution in [0.5, 0.6) is 0 Å². The highest BCUT2D eigenvalue weighted by Crippen LogP contribution is 2.27. The highest BCUT2D eigenvalue weighted by Gasteiger charge is 2.50. The van der Waals surface area contributed by atoms with Crippen LogP contribution >= 0.6 is 0 Å². The molecule has 0 aliphatic carbocycles. The zero-order valence-electron chi connectivity index (χ0n) is 10.1. The Morgan fingerprint density at radius 1 is 1.16 bits per heavy atom. The Morgan fingerprint density at radius 3 is 2.37 bits per heavy atom. The number of benzene rings is 1. The number of amides is 1. The Morgan fingerprint density at radius 2 is 1.79 bits per heavy atom. The lowest BCUT2D eigenvalue weighted by atomic mass is 10.1. The van der Waals surface area contributed by atoms with Gasteiger partial charge >= 0.3 is 5.97 Å². The largest absolute Gasteiger partial charge is 0.478 e. The molecule has 0 radical (unpaired) electrons. The standard InChI is InChI=1S/C13H13NO5/c15-10(9-5-2-1-3-6-9)11(16)14-8-4-7-13(14,19)12(17)18/h1-3,5-6,19H,4,7-8H2,(H,17,18). The molecule has 1 saturated heterocycles. The first-order chi connectivity index (χ1) is 8.97. The fourth-order valence-corrected chi connectivity index (χ4v) is 2.13. The molecule has 0 saturated carbocycles. The van der Waals surface area contributed by atoms with Gasteiger partial charge in [0.05, 0.1) is 0 Å². The molecule has 1 aliphatic rings. The molecule has 100 valence electrons. The van der Waals surface area contributed by atoms with E-state index in [9.17, 15) is 19.5 Å². The van der Waals surface area contributed by atoms with Crippen molar-refractivity contribution in [1.82, 2.24) is 4.90 Å². The van der Waals surface area contributed by atoms with E-state index in [1.165, 1.54) is 12.1 Å². The second-order valence-corrected chi connectivity index (χ2v) is 4.38. The van der Waals surface area contributed by atoms with Gasteiger partial charge in [0.25, 0.3) is 5.91 Å². The summed E-state index contributed by atoms with van der Waals surface area (Å²) in [5.41, 5.74) is -2.10. The first-order valence-electron chi connectivity index (χ1n) is 5.84. The lowest BCUT2D eigenvalue weighted by Gasteiger charge is -2.28. The summed E-state index contributed by atoms with van der Waals surface area (Å²) < 4.78 is 0. The normalized spacial score (nSPS) is 22.3. The van der Waals surface area contributed by atoms with Crippen molar-refractivity contribution in [3.8, 4) is 0 Å². The molecule has 0 aromatic heterocycles. The Bertz CT molecular complexity index is 527. The van der Waals surface area contributed by atoms with Crippen LogP contribution in [0.3, 0.4) is 0 Å². The van der Waals surface area contributed by atoms with E-state index in [0.29, 0.717) is 6.42 Å². The third-order valence-corrected chi connectivity index (χ3v) is 3.17. The number of aliphatic hydroxyl groups is 1. The van der Waals surface area contributed by atoms with Crippen LogP contribution < -0.4 is 0 Å². The predicted molar refractivity (Wildman–Crippen MR) is 64.3 cm³/mol. The van der Waals surface area contributed by atoms with Gasteiger partial charge in [-0.15, -0.1) is 0 Å². The Hall–Kier alpha value is -2.21. The molecule has 2 rings (SSSR count). The number of carboxylic acid groups (broad SMARTS) is 1. The SMILES string of the molecule is O=C(C(=O)N1CCCC1(O)C(=O)O)c1ccccc1. The smallest absolute Gasteiger partial charge is 0.357 e. The van der Waals surface area contributed by atoms with Crippen molar-refractivity contribution < 1.29 is 24.6 Å².